The van der Waals surface area contributed by atoms with Crippen LogP contribution >= 0.6 is 0 Å². The van der Waals surface area contributed by atoms with Crippen LogP contribution in [-0.2, 0) is 17.9 Å². The minimum atomic E-state index is -0.148. The van der Waals surface area contributed by atoms with Gasteiger partial charge in [-0.25, -0.2) is 0 Å². The Morgan fingerprint density at radius 2 is 2.24 bits per heavy atom. The van der Waals surface area contributed by atoms with Gasteiger partial charge in [0.05, 0.1) is 6.54 Å². The zero-order valence-corrected chi connectivity index (χ0v) is 14.4. The van der Waals surface area contributed by atoms with E-state index in [4.69, 9.17) is 9.26 Å². The van der Waals surface area contributed by atoms with E-state index >= 15 is 0 Å². The molecule has 25 heavy (non-hydrogen) atoms. The predicted molar refractivity (Wildman–Crippen MR) is 93.1 cm³/mol. The third kappa shape index (κ3) is 3.24. The highest BCUT2D eigenvalue weighted by Gasteiger charge is 2.44. The van der Waals surface area contributed by atoms with Gasteiger partial charge in [0, 0.05) is 34.1 Å². The van der Waals surface area contributed by atoms with Crippen LogP contribution in [0.15, 0.2) is 35.1 Å². The molecule has 0 atom stereocenters. The summed E-state index contributed by atoms with van der Waals surface area (Å²) in [5.74, 6) is 0.942. The summed E-state index contributed by atoms with van der Waals surface area (Å²) >= 11 is 0. The van der Waals surface area contributed by atoms with E-state index in [-0.39, 0.29) is 11.3 Å². The van der Waals surface area contributed by atoms with Crippen molar-refractivity contribution >= 4 is 16.8 Å². The van der Waals surface area contributed by atoms with Crippen LogP contribution in [0.2, 0.25) is 0 Å². The third-order valence-electron chi connectivity index (χ3n) is 4.83. The maximum Gasteiger partial charge on any atom is 0.226 e. The topological polar surface area (TPSA) is 80.2 Å². The van der Waals surface area contributed by atoms with Gasteiger partial charge in [-0.05, 0) is 37.5 Å². The molecule has 0 bridgehead atoms. The fourth-order valence-corrected chi connectivity index (χ4v) is 2.85. The van der Waals surface area contributed by atoms with Crippen LogP contribution in [0.25, 0.3) is 10.9 Å². The molecule has 0 aliphatic heterocycles. The standard InChI is InChI=1S/C19H21N3O3/c1-12-7-13-8-15(10-20-18(23)19(2)4-5-19)21-16(13)9-17(12)24-11-14-3-6-25-22-14/h3,6-9,21H,4-5,10-11H2,1-2H3,(H,20,23). The molecule has 1 amide bonds. The molecule has 1 aliphatic rings. The van der Waals surface area contributed by atoms with Gasteiger partial charge >= 0.3 is 0 Å². The fourth-order valence-electron chi connectivity index (χ4n) is 2.85. The molecule has 1 saturated carbocycles. The molecule has 6 nitrogen and oxygen atoms in total. The first-order valence-corrected chi connectivity index (χ1v) is 8.46. The van der Waals surface area contributed by atoms with Crippen molar-refractivity contribution in [3.63, 3.8) is 0 Å². The molecule has 2 N–H and O–H groups in total. The smallest absolute Gasteiger partial charge is 0.226 e. The van der Waals surface area contributed by atoms with E-state index < -0.39 is 0 Å². The molecule has 0 saturated heterocycles. The molecule has 1 aliphatic carbocycles. The Bertz CT molecular complexity index is 908. The van der Waals surface area contributed by atoms with Crippen LogP contribution in [-0.4, -0.2) is 16.0 Å². The number of rotatable bonds is 6. The number of fused-ring (bicyclic) bond motifs is 1. The molecule has 130 valence electrons. The molecule has 6 heteroatoms. The van der Waals surface area contributed by atoms with Crippen LogP contribution in [0.5, 0.6) is 5.75 Å². The monoisotopic (exact) mass is 339 g/mol. The minimum Gasteiger partial charge on any atom is -0.487 e. The zero-order chi connectivity index (χ0) is 17.4. The Hall–Kier alpha value is -2.76. The van der Waals surface area contributed by atoms with E-state index in [1.165, 1.54) is 6.26 Å². The van der Waals surface area contributed by atoms with Gasteiger partial charge in [-0.2, -0.15) is 0 Å². The third-order valence-corrected chi connectivity index (χ3v) is 4.83. The summed E-state index contributed by atoms with van der Waals surface area (Å²) in [6.07, 6.45) is 3.50. The number of nitrogens with one attached hydrogen (secondary N) is 2. The van der Waals surface area contributed by atoms with E-state index in [2.05, 4.69) is 27.6 Å². The molecule has 0 radical (unpaired) electrons. The van der Waals surface area contributed by atoms with Crippen LogP contribution in [0.4, 0.5) is 0 Å². The number of aryl methyl sites for hydroxylation is 1. The lowest BCUT2D eigenvalue weighted by atomic mass is 10.1. The number of benzene rings is 1. The quantitative estimate of drug-likeness (QED) is 0.721. The van der Waals surface area contributed by atoms with Crippen LogP contribution in [0.3, 0.4) is 0 Å². The number of carbonyl (C=O) groups excluding carboxylic acids is 1. The number of hydrogen-bond acceptors (Lipinski definition) is 4. The second-order valence-electron chi connectivity index (χ2n) is 7.02. The maximum absolute atomic E-state index is 12.1. The lowest BCUT2D eigenvalue weighted by Crippen LogP contribution is -2.29. The number of nitrogens with zero attached hydrogens (tertiary/aromatic N) is 1. The van der Waals surface area contributed by atoms with Gasteiger partial charge in [0.1, 0.15) is 24.3 Å². The molecule has 1 fully saturated rings. The van der Waals surface area contributed by atoms with Gasteiger partial charge in [0.15, 0.2) is 0 Å². The van der Waals surface area contributed by atoms with E-state index in [1.54, 1.807) is 6.07 Å². The number of amides is 1. The number of hydrogen-bond donors (Lipinski definition) is 2. The van der Waals surface area contributed by atoms with Crippen LogP contribution in [0.1, 0.15) is 36.7 Å². The highest BCUT2D eigenvalue weighted by Crippen LogP contribution is 2.45. The van der Waals surface area contributed by atoms with Crippen molar-refractivity contribution in [3.8, 4) is 5.75 Å². The number of carbonyl (C=O) groups is 1. The second kappa shape index (κ2) is 5.95. The van der Waals surface area contributed by atoms with Gasteiger partial charge in [0.2, 0.25) is 5.91 Å². The van der Waals surface area contributed by atoms with E-state index in [0.717, 1.165) is 46.4 Å². The lowest BCUT2D eigenvalue weighted by Gasteiger charge is -2.08. The van der Waals surface area contributed by atoms with Crippen molar-refractivity contribution in [1.82, 2.24) is 15.5 Å². The summed E-state index contributed by atoms with van der Waals surface area (Å²) in [7, 11) is 0. The van der Waals surface area contributed by atoms with Crippen molar-refractivity contribution in [2.45, 2.75) is 39.8 Å². The zero-order valence-electron chi connectivity index (χ0n) is 14.4. The fraction of sp³-hybridized carbons (Fsp3) is 0.368. The van der Waals surface area contributed by atoms with Crippen molar-refractivity contribution in [3.05, 3.63) is 47.5 Å². The summed E-state index contributed by atoms with van der Waals surface area (Å²) < 4.78 is 10.6. The molecule has 2 aromatic heterocycles. The largest absolute Gasteiger partial charge is 0.487 e. The molecule has 0 unspecified atom stereocenters. The van der Waals surface area contributed by atoms with Crippen molar-refractivity contribution in [2.75, 3.05) is 0 Å². The SMILES string of the molecule is Cc1cc2cc(CNC(=O)C3(C)CC3)[nH]c2cc1OCc1ccon1. The average Bonchev–Trinajstić information content (AvgIpc) is 3.01. The van der Waals surface area contributed by atoms with Gasteiger partial charge in [-0.1, -0.05) is 12.1 Å². The highest BCUT2D eigenvalue weighted by molar-refractivity contribution is 5.85. The van der Waals surface area contributed by atoms with Crippen molar-refractivity contribution < 1.29 is 14.1 Å². The molecule has 1 aromatic carbocycles. The van der Waals surface area contributed by atoms with Gasteiger partial charge < -0.3 is 19.6 Å². The van der Waals surface area contributed by atoms with Crippen LogP contribution < -0.4 is 10.1 Å². The van der Waals surface area contributed by atoms with Crippen LogP contribution in [0, 0.1) is 12.3 Å². The summed E-state index contributed by atoms with van der Waals surface area (Å²) in [5.41, 5.74) is 3.63. The lowest BCUT2D eigenvalue weighted by molar-refractivity contribution is -0.125. The first kappa shape index (κ1) is 15.7. The maximum atomic E-state index is 12.1. The summed E-state index contributed by atoms with van der Waals surface area (Å²) in [5, 5.41) is 7.97. The summed E-state index contributed by atoms with van der Waals surface area (Å²) in [4.78, 5) is 15.4. The molecular weight excluding hydrogens is 318 g/mol. The van der Waals surface area contributed by atoms with Gasteiger partial charge in [-0.15, -0.1) is 0 Å². The Balaban J connectivity index is 1.47. The summed E-state index contributed by atoms with van der Waals surface area (Å²) in [6.45, 7) is 4.90. The second-order valence-corrected chi connectivity index (χ2v) is 7.02. The summed E-state index contributed by atoms with van der Waals surface area (Å²) in [6, 6.07) is 7.92. The Kier molecular flexibility index (Phi) is 3.75. The number of aromatic amines is 1. The molecule has 2 heterocycles. The minimum absolute atomic E-state index is 0.138. The van der Waals surface area contributed by atoms with Crippen molar-refractivity contribution in [2.24, 2.45) is 5.41 Å². The van der Waals surface area contributed by atoms with E-state index in [1.807, 2.05) is 19.9 Å². The van der Waals surface area contributed by atoms with E-state index in [0.29, 0.717) is 13.2 Å². The Morgan fingerprint density at radius 1 is 1.40 bits per heavy atom. The van der Waals surface area contributed by atoms with Crippen molar-refractivity contribution in [1.29, 1.82) is 0 Å². The highest BCUT2D eigenvalue weighted by atomic mass is 16.5. The Labute approximate surface area is 145 Å². The van der Waals surface area contributed by atoms with Gasteiger partial charge in [-0.3, -0.25) is 4.79 Å². The molecule has 4 rings (SSSR count). The van der Waals surface area contributed by atoms with E-state index in [9.17, 15) is 4.79 Å². The molecular formula is C19H21N3O3. The first-order chi connectivity index (χ1) is 12.0. The molecule has 0 spiro atoms. The normalized spacial score (nSPS) is 15.3. The number of aromatic nitrogens is 2. The van der Waals surface area contributed by atoms with Gasteiger partial charge in [0.25, 0.3) is 0 Å². The Morgan fingerprint density at radius 3 is 2.96 bits per heavy atom. The number of H-pyrrole nitrogens is 1. The molecule has 3 aromatic rings. The predicted octanol–water partition coefficient (Wildman–Crippen LogP) is 3.46. The number of ether oxygens (including phenoxy) is 1. The first-order valence-electron chi connectivity index (χ1n) is 8.46. The average molecular weight is 339 g/mol.